The van der Waals surface area contributed by atoms with Crippen LogP contribution in [0.2, 0.25) is 0 Å². The minimum absolute atomic E-state index is 0.0318. The molecule has 0 saturated heterocycles. The molecule has 0 bridgehead atoms. The summed E-state index contributed by atoms with van der Waals surface area (Å²) in [6, 6.07) is 3.84. The van der Waals surface area contributed by atoms with Gasteiger partial charge in [-0.05, 0) is 36.5 Å². The summed E-state index contributed by atoms with van der Waals surface area (Å²) >= 11 is -0.586. The van der Waals surface area contributed by atoms with Crippen molar-refractivity contribution in [3.8, 4) is 5.75 Å². The van der Waals surface area contributed by atoms with E-state index in [9.17, 15) is 5.11 Å². The number of phenols is 1. The van der Waals surface area contributed by atoms with E-state index in [4.69, 9.17) is 18.8 Å². The molecule has 0 aliphatic carbocycles. The number of hydrogen-bond donors (Lipinski definition) is 1. The molecular weight excluding hydrogens is 353 g/mol. The molecule has 0 aliphatic rings. The monoisotopic (exact) mass is 373 g/mol. The van der Waals surface area contributed by atoms with Gasteiger partial charge in [0.25, 0.3) is 0 Å². The summed E-state index contributed by atoms with van der Waals surface area (Å²) in [6.45, 7) is 10.1. The van der Waals surface area contributed by atoms with Gasteiger partial charge in [0.2, 0.25) is 0 Å². The summed E-state index contributed by atoms with van der Waals surface area (Å²) in [5.41, 5.74) is 2.68. The van der Waals surface area contributed by atoms with Crippen LogP contribution in [0.3, 0.4) is 0 Å². The van der Waals surface area contributed by atoms with E-state index in [1.165, 1.54) is 0 Å². The van der Waals surface area contributed by atoms with E-state index in [2.05, 4.69) is 25.8 Å². The van der Waals surface area contributed by atoms with E-state index >= 15 is 0 Å². The molecule has 2 nitrogen and oxygen atoms in total. The molecule has 1 N–H and O–H groups in total. The van der Waals surface area contributed by atoms with Crippen molar-refractivity contribution in [1.82, 2.24) is 0 Å². The first-order valence-corrected chi connectivity index (χ1v) is 10.6. The molecule has 0 aliphatic heterocycles. The number of benzene rings is 1. The average Bonchev–Trinajstić information content (AvgIpc) is 2.21. The first-order chi connectivity index (χ1) is 8.21. The Morgan fingerprint density at radius 1 is 1.22 bits per heavy atom. The Kier molecular flexibility index (Phi) is 8.17. The van der Waals surface area contributed by atoms with Crippen LogP contribution in [0.15, 0.2) is 17.1 Å². The van der Waals surface area contributed by atoms with Gasteiger partial charge in [-0.3, -0.25) is 4.99 Å². The predicted octanol–water partition coefficient (Wildman–Crippen LogP) is 5.13. The Labute approximate surface area is 126 Å². The molecule has 0 unspecified atom stereocenters. The minimum atomic E-state index is -0.586. The van der Waals surface area contributed by atoms with Crippen LogP contribution in [-0.2, 0) is 16.5 Å². The molecule has 1 rings (SSSR count). The first kappa shape index (κ1) is 18.0. The molecule has 1 aromatic carbocycles. The molecule has 0 spiro atoms. The fourth-order valence-corrected chi connectivity index (χ4v) is 1.30. The number of halogens is 2. The summed E-state index contributed by atoms with van der Waals surface area (Å²) in [5.74, 6) is 0.279. The summed E-state index contributed by atoms with van der Waals surface area (Å²) < 4.78 is 0. The summed E-state index contributed by atoms with van der Waals surface area (Å²) in [6.07, 6.45) is 1.86. The van der Waals surface area contributed by atoms with Crippen LogP contribution in [0.4, 0.5) is 5.69 Å². The molecule has 1 aromatic rings. The Balaban J connectivity index is 0.000000873. The Hall–Kier alpha value is -0.0417. The zero-order valence-electron chi connectivity index (χ0n) is 11.3. The molecular formula is C13H19Cl2MoNO. The van der Waals surface area contributed by atoms with Gasteiger partial charge in [-0.25, -0.2) is 0 Å². The molecule has 102 valence electrons. The van der Waals surface area contributed by atoms with Crippen LogP contribution in [0.1, 0.15) is 31.9 Å². The SMILES string of the molecule is Cc1cc(C)c(O)c(N=CC(C)(C)C)c1.[Cl][Mo][Cl]. The van der Waals surface area contributed by atoms with Crippen molar-refractivity contribution in [2.75, 3.05) is 0 Å². The second kappa shape index (κ2) is 8.19. The van der Waals surface area contributed by atoms with Crippen molar-refractivity contribution < 1.29 is 21.6 Å². The van der Waals surface area contributed by atoms with E-state index in [1.54, 1.807) is 0 Å². The fraction of sp³-hybridized carbons (Fsp3) is 0.462. The third-order valence-electron chi connectivity index (χ3n) is 2.02. The summed E-state index contributed by atoms with van der Waals surface area (Å²) in [4.78, 5) is 4.32. The van der Waals surface area contributed by atoms with Crippen LogP contribution >= 0.6 is 18.8 Å². The summed E-state index contributed by atoms with van der Waals surface area (Å²) in [7, 11) is 9.79. The van der Waals surface area contributed by atoms with Crippen molar-refractivity contribution >= 4 is 30.7 Å². The zero-order valence-corrected chi connectivity index (χ0v) is 14.8. The first-order valence-electron chi connectivity index (χ1n) is 5.46. The predicted molar refractivity (Wildman–Crippen MR) is 76.9 cm³/mol. The third-order valence-corrected chi connectivity index (χ3v) is 2.02. The van der Waals surface area contributed by atoms with E-state index in [0.29, 0.717) is 5.69 Å². The van der Waals surface area contributed by atoms with Gasteiger partial charge in [-0.15, -0.1) is 0 Å². The molecule has 0 amide bonds. The molecule has 0 fully saturated rings. The standard InChI is InChI=1S/C13H19NO.2ClH.Mo/c1-9-6-10(2)12(15)11(7-9)14-8-13(3,4)5;;;/h6-8,15H,1-5H3;2*1H;/q;;;+2/p-2. The quantitative estimate of drug-likeness (QED) is 0.538. The molecule has 0 saturated carbocycles. The van der Waals surface area contributed by atoms with Crippen LogP contribution in [0.25, 0.3) is 0 Å². The second-order valence-electron chi connectivity index (χ2n) is 5.13. The number of aromatic hydroxyl groups is 1. The number of rotatable bonds is 1. The Morgan fingerprint density at radius 2 is 1.72 bits per heavy atom. The van der Waals surface area contributed by atoms with Crippen LogP contribution < -0.4 is 0 Å². The van der Waals surface area contributed by atoms with Crippen molar-refractivity contribution in [1.29, 1.82) is 0 Å². The molecule has 0 radical (unpaired) electrons. The molecule has 18 heavy (non-hydrogen) atoms. The van der Waals surface area contributed by atoms with E-state index in [1.807, 2.05) is 32.2 Å². The van der Waals surface area contributed by atoms with Gasteiger partial charge < -0.3 is 5.11 Å². The Morgan fingerprint density at radius 3 is 2.17 bits per heavy atom. The van der Waals surface area contributed by atoms with Crippen molar-refractivity contribution in [3.05, 3.63) is 23.3 Å². The number of hydrogen-bond acceptors (Lipinski definition) is 2. The molecule has 0 aromatic heterocycles. The Bertz CT molecular complexity index is 414. The number of aliphatic imine (C=N–C) groups is 1. The van der Waals surface area contributed by atoms with E-state index in [-0.39, 0.29) is 11.2 Å². The number of aryl methyl sites for hydroxylation is 2. The normalized spacial score (nSPS) is 11.3. The van der Waals surface area contributed by atoms with Crippen LogP contribution in [0.5, 0.6) is 5.75 Å². The van der Waals surface area contributed by atoms with E-state index in [0.717, 1.165) is 11.1 Å². The topological polar surface area (TPSA) is 32.6 Å². The van der Waals surface area contributed by atoms with Crippen molar-refractivity contribution in [2.45, 2.75) is 34.6 Å². The van der Waals surface area contributed by atoms with Gasteiger partial charge in [-0.1, -0.05) is 26.8 Å². The molecule has 5 heteroatoms. The van der Waals surface area contributed by atoms with E-state index < -0.39 is 16.5 Å². The van der Waals surface area contributed by atoms with Crippen LogP contribution in [0, 0.1) is 19.3 Å². The van der Waals surface area contributed by atoms with Gasteiger partial charge in [0, 0.05) is 6.21 Å². The zero-order chi connectivity index (χ0) is 14.3. The van der Waals surface area contributed by atoms with Gasteiger partial charge in [0.05, 0.1) is 0 Å². The second-order valence-corrected chi connectivity index (χ2v) is 8.18. The van der Waals surface area contributed by atoms with Gasteiger partial charge in [0.15, 0.2) is 0 Å². The number of nitrogens with zero attached hydrogens (tertiary/aromatic N) is 1. The van der Waals surface area contributed by atoms with Gasteiger partial charge in [0.1, 0.15) is 11.4 Å². The maximum absolute atomic E-state index is 9.81. The molecule has 0 heterocycles. The van der Waals surface area contributed by atoms with Crippen LogP contribution in [-0.4, -0.2) is 11.3 Å². The van der Waals surface area contributed by atoms with Gasteiger partial charge >= 0.3 is 35.3 Å². The van der Waals surface area contributed by atoms with Crippen molar-refractivity contribution in [3.63, 3.8) is 0 Å². The fourth-order valence-electron chi connectivity index (χ4n) is 1.30. The maximum atomic E-state index is 9.81. The van der Waals surface area contributed by atoms with Crippen molar-refractivity contribution in [2.24, 2.45) is 10.4 Å². The average molecular weight is 372 g/mol. The number of phenolic OH excluding ortho intramolecular Hbond substituents is 1. The third kappa shape index (κ3) is 7.41. The van der Waals surface area contributed by atoms with Gasteiger partial charge in [-0.2, -0.15) is 0 Å². The molecule has 0 atom stereocenters. The summed E-state index contributed by atoms with van der Waals surface area (Å²) in [5, 5.41) is 9.81.